The Hall–Kier alpha value is -0.810. The van der Waals surface area contributed by atoms with E-state index in [1.54, 1.807) is 7.11 Å². The number of rotatable bonds is 12. The molecule has 0 aliphatic heterocycles. The highest BCUT2D eigenvalue weighted by Crippen LogP contribution is 2.43. The molecule has 25 heavy (non-hydrogen) atoms. The van der Waals surface area contributed by atoms with Crippen molar-refractivity contribution in [1.29, 1.82) is 0 Å². The predicted octanol–water partition coefficient (Wildman–Crippen LogP) is 3.11. The van der Waals surface area contributed by atoms with Gasteiger partial charge in [0.05, 0.1) is 0 Å². The lowest BCUT2D eigenvalue weighted by Gasteiger charge is -2.42. The van der Waals surface area contributed by atoms with E-state index >= 15 is 0 Å². The Morgan fingerprint density at radius 2 is 1.88 bits per heavy atom. The highest BCUT2D eigenvalue weighted by atomic mass is 16.5. The molecule has 0 aromatic carbocycles. The first-order valence-corrected chi connectivity index (χ1v) is 10.2. The minimum Gasteiger partial charge on any atom is -0.385 e. The molecular weight excluding hydrogens is 312 g/mol. The number of hydrogen-bond acceptors (Lipinski definition) is 3. The summed E-state index contributed by atoms with van der Waals surface area (Å²) in [5.41, 5.74) is 0.407. The zero-order chi connectivity index (χ0) is 18.7. The van der Waals surface area contributed by atoms with Gasteiger partial charge in [-0.05, 0) is 50.1 Å². The smallest absolute Gasteiger partial charge is 0.191 e. The molecule has 1 atom stereocenters. The highest BCUT2D eigenvalue weighted by molar-refractivity contribution is 5.79. The average molecular weight is 355 g/mol. The standard InChI is InChI=1S/C20H42N4O/c1-7-24(8-2)18(14-17(3)4)15-22-19(21-5)23-16-20(10-9-11-20)12-13-25-6/h17-18H,7-16H2,1-6H3,(H2,21,22,23). The molecule has 1 saturated carbocycles. The summed E-state index contributed by atoms with van der Waals surface area (Å²) < 4.78 is 5.29. The molecule has 1 rings (SSSR count). The second kappa shape index (κ2) is 11.7. The van der Waals surface area contributed by atoms with E-state index in [9.17, 15) is 0 Å². The summed E-state index contributed by atoms with van der Waals surface area (Å²) in [7, 11) is 3.66. The first-order valence-electron chi connectivity index (χ1n) is 10.2. The molecule has 1 fully saturated rings. The Morgan fingerprint density at radius 1 is 1.20 bits per heavy atom. The Balaban J connectivity index is 2.50. The van der Waals surface area contributed by atoms with E-state index in [4.69, 9.17) is 4.74 Å². The highest BCUT2D eigenvalue weighted by Gasteiger charge is 2.36. The van der Waals surface area contributed by atoms with Gasteiger partial charge in [-0.3, -0.25) is 9.89 Å². The third kappa shape index (κ3) is 7.53. The molecule has 1 aliphatic rings. The van der Waals surface area contributed by atoms with Gasteiger partial charge in [-0.15, -0.1) is 0 Å². The molecule has 0 bridgehead atoms. The van der Waals surface area contributed by atoms with Gasteiger partial charge in [-0.2, -0.15) is 0 Å². The van der Waals surface area contributed by atoms with Crippen molar-refractivity contribution in [2.24, 2.45) is 16.3 Å². The summed E-state index contributed by atoms with van der Waals surface area (Å²) >= 11 is 0. The molecule has 0 amide bonds. The molecule has 148 valence electrons. The van der Waals surface area contributed by atoms with Crippen LogP contribution in [0.5, 0.6) is 0 Å². The average Bonchev–Trinajstić information content (AvgIpc) is 2.56. The van der Waals surface area contributed by atoms with Crippen molar-refractivity contribution in [2.45, 2.75) is 65.8 Å². The van der Waals surface area contributed by atoms with Crippen molar-refractivity contribution in [3.63, 3.8) is 0 Å². The number of hydrogen-bond donors (Lipinski definition) is 2. The second-order valence-corrected chi connectivity index (χ2v) is 7.91. The van der Waals surface area contributed by atoms with Crippen LogP contribution in [0.25, 0.3) is 0 Å². The van der Waals surface area contributed by atoms with Gasteiger partial charge in [0, 0.05) is 39.9 Å². The normalized spacial score (nSPS) is 18.3. The maximum absolute atomic E-state index is 5.29. The molecular formula is C20H42N4O. The number of aliphatic imine (C=N–C) groups is 1. The van der Waals surface area contributed by atoms with E-state index < -0.39 is 0 Å². The van der Waals surface area contributed by atoms with E-state index in [0.29, 0.717) is 17.4 Å². The number of nitrogens with one attached hydrogen (secondary N) is 2. The third-order valence-corrected chi connectivity index (χ3v) is 5.68. The summed E-state index contributed by atoms with van der Waals surface area (Å²) in [6.07, 6.45) is 6.30. The Morgan fingerprint density at radius 3 is 2.32 bits per heavy atom. The van der Waals surface area contributed by atoms with Gasteiger partial charge in [0.2, 0.25) is 0 Å². The number of methoxy groups -OCH3 is 1. The van der Waals surface area contributed by atoms with Crippen LogP contribution in [0.1, 0.15) is 59.8 Å². The zero-order valence-electron chi connectivity index (χ0n) is 17.5. The third-order valence-electron chi connectivity index (χ3n) is 5.68. The zero-order valence-corrected chi connectivity index (χ0v) is 17.5. The molecule has 5 heteroatoms. The van der Waals surface area contributed by atoms with E-state index in [0.717, 1.165) is 45.2 Å². The monoisotopic (exact) mass is 354 g/mol. The molecule has 0 aromatic rings. The Labute approximate surface area is 156 Å². The van der Waals surface area contributed by atoms with Gasteiger partial charge in [-0.1, -0.05) is 34.1 Å². The van der Waals surface area contributed by atoms with Gasteiger partial charge in [0.25, 0.3) is 0 Å². The van der Waals surface area contributed by atoms with E-state index in [-0.39, 0.29) is 0 Å². The van der Waals surface area contributed by atoms with Crippen LogP contribution < -0.4 is 10.6 Å². The van der Waals surface area contributed by atoms with Crippen molar-refractivity contribution >= 4 is 5.96 Å². The molecule has 1 aliphatic carbocycles. The molecule has 5 nitrogen and oxygen atoms in total. The van der Waals surface area contributed by atoms with Crippen molar-refractivity contribution in [1.82, 2.24) is 15.5 Å². The lowest BCUT2D eigenvalue weighted by Crippen LogP contribution is -2.50. The number of nitrogens with zero attached hydrogens (tertiary/aromatic N) is 2. The minimum atomic E-state index is 0.407. The van der Waals surface area contributed by atoms with Gasteiger partial charge < -0.3 is 15.4 Å². The maximum Gasteiger partial charge on any atom is 0.191 e. The largest absolute Gasteiger partial charge is 0.385 e. The van der Waals surface area contributed by atoms with Crippen LogP contribution >= 0.6 is 0 Å². The topological polar surface area (TPSA) is 48.9 Å². The van der Waals surface area contributed by atoms with E-state index in [1.165, 1.54) is 25.7 Å². The van der Waals surface area contributed by atoms with Crippen molar-refractivity contribution in [3.8, 4) is 0 Å². The Kier molecular flexibility index (Phi) is 10.4. The fraction of sp³-hybridized carbons (Fsp3) is 0.950. The van der Waals surface area contributed by atoms with Gasteiger partial charge in [-0.25, -0.2) is 0 Å². The lowest BCUT2D eigenvalue weighted by molar-refractivity contribution is 0.0732. The lowest BCUT2D eigenvalue weighted by atomic mass is 9.67. The van der Waals surface area contributed by atoms with Crippen LogP contribution in [-0.2, 0) is 4.74 Å². The van der Waals surface area contributed by atoms with Crippen LogP contribution in [0.2, 0.25) is 0 Å². The minimum absolute atomic E-state index is 0.407. The fourth-order valence-corrected chi connectivity index (χ4v) is 3.86. The molecule has 0 heterocycles. The molecule has 0 radical (unpaired) electrons. The summed E-state index contributed by atoms with van der Waals surface area (Å²) in [5, 5.41) is 7.14. The van der Waals surface area contributed by atoms with Crippen LogP contribution in [-0.4, -0.2) is 63.8 Å². The summed E-state index contributed by atoms with van der Waals surface area (Å²) in [5.74, 6) is 1.64. The van der Waals surface area contributed by atoms with Crippen molar-refractivity contribution < 1.29 is 4.74 Å². The predicted molar refractivity (Wildman–Crippen MR) is 108 cm³/mol. The van der Waals surface area contributed by atoms with Gasteiger partial charge in [0.1, 0.15) is 0 Å². The Bertz CT molecular complexity index is 376. The summed E-state index contributed by atoms with van der Waals surface area (Å²) in [6, 6.07) is 0.555. The first kappa shape index (κ1) is 22.2. The van der Waals surface area contributed by atoms with Gasteiger partial charge >= 0.3 is 0 Å². The maximum atomic E-state index is 5.29. The van der Waals surface area contributed by atoms with E-state index in [1.807, 2.05) is 7.05 Å². The number of ether oxygens (including phenoxy) is 1. The molecule has 1 unspecified atom stereocenters. The van der Waals surface area contributed by atoms with Crippen LogP contribution in [0.15, 0.2) is 4.99 Å². The van der Waals surface area contributed by atoms with Crippen molar-refractivity contribution in [2.75, 3.05) is 46.9 Å². The van der Waals surface area contributed by atoms with E-state index in [2.05, 4.69) is 48.2 Å². The van der Waals surface area contributed by atoms with Crippen molar-refractivity contribution in [3.05, 3.63) is 0 Å². The van der Waals surface area contributed by atoms with Crippen LogP contribution in [0.3, 0.4) is 0 Å². The molecule has 0 spiro atoms. The summed E-state index contributed by atoms with van der Waals surface area (Å²) in [6.45, 7) is 14.1. The quantitative estimate of drug-likeness (QED) is 0.418. The summed E-state index contributed by atoms with van der Waals surface area (Å²) in [4.78, 5) is 6.98. The SMILES string of the molecule is CCN(CC)C(CNC(=NC)NCC1(CCOC)CCC1)CC(C)C. The molecule has 2 N–H and O–H groups in total. The second-order valence-electron chi connectivity index (χ2n) is 7.91. The number of guanidine groups is 1. The fourth-order valence-electron chi connectivity index (χ4n) is 3.86. The van der Waals surface area contributed by atoms with Crippen LogP contribution in [0, 0.1) is 11.3 Å². The van der Waals surface area contributed by atoms with Crippen LogP contribution in [0.4, 0.5) is 0 Å². The number of likely N-dealkylation sites (N-methyl/N-ethyl adjacent to an activating group) is 1. The first-order chi connectivity index (χ1) is 12.0. The molecule has 0 saturated heterocycles. The molecule has 0 aromatic heterocycles. The van der Waals surface area contributed by atoms with Gasteiger partial charge in [0.15, 0.2) is 5.96 Å².